The molecular weight excluding hydrogens is 303 g/mol. The van der Waals surface area contributed by atoms with E-state index in [0.717, 1.165) is 6.07 Å². The van der Waals surface area contributed by atoms with E-state index in [1.54, 1.807) is 0 Å². The number of amides is 1. The Morgan fingerprint density at radius 3 is 2.26 bits per heavy atom. The summed E-state index contributed by atoms with van der Waals surface area (Å²) < 4.78 is 40.0. The maximum absolute atomic E-state index is 14.4. The van der Waals surface area contributed by atoms with Gasteiger partial charge in [-0.1, -0.05) is 0 Å². The van der Waals surface area contributed by atoms with Crippen molar-refractivity contribution in [2.75, 3.05) is 11.4 Å². The van der Waals surface area contributed by atoms with Crippen LogP contribution in [-0.2, 0) is 14.1 Å². The number of carbonyl (C=O) groups excluding carboxylic acids is 1. The third-order valence-corrected chi connectivity index (χ3v) is 4.91. The van der Waals surface area contributed by atoms with Gasteiger partial charge in [0.05, 0.1) is 16.9 Å². The summed E-state index contributed by atoms with van der Waals surface area (Å²) in [7, 11) is -0.923. The van der Waals surface area contributed by atoms with Crippen molar-refractivity contribution in [3.63, 3.8) is 0 Å². The van der Waals surface area contributed by atoms with Crippen LogP contribution in [0, 0.1) is 11.6 Å². The van der Waals surface area contributed by atoms with Crippen molar-refractivity contribution < 1.29 is 22.9 Å². The highest BCUT2D eigenvalue weighted by atomic mass is 19.1. The minimum Gasteiger partial charge on any atom is -0.399 e. The molecule has 2 fully saturated rings. The summed E-state index contributed by atoms with van der Waals surface area (Å²) in [5, 5.41) is 0. The van der Waals surface area contributed by atoms with Crippen molar-refractivity contribution in [3.8, 4) is 0 Å². The first kappa shape index (κ1) is 16.4. The van der Waals surface area contributed by atoms with E-state index in [-0.39, 0.29) is 17.1 Å². The van der Waals surface area contributed by atoms with E-state index in [0.29, 0.717) is 19.4 Å². The number of nitrogens with zero attached hydrogens (tertiary/aromatic N) is 1. The molecule has 3 rings (SSSR count). The topological polar surface area (TPSA) is 38.8 Å². The fourth-order valence-corrected chi connectivity index (χ4v) is 2.90. The van der Waals surface area contributed by atoms with Gasteiger partial charge in [0.25, 0.3) is 0 Å². The maximum atomic E-state index is 14.4. The molecule has 124 valence electrons. The smallest absolute Gasteiger partial charge is 0.399 e. The summed E-state index contributed by atoms with van der Waals surface area (Å²) in [5.41, 5.74) is -0.983. The van der Waals surface area contributed by atoms with Gasteiger partial charge in [0, 0.05) is 24.5 Å². The average Bonchev–Trinajstić information content (AvgIpc) is 2.90. The lowest BCUT2D eigenvalue weighted by molar-refractivity contribution is -0.117. The predicted molar refractivity (Wildman–Crippen MR) is 83.7 cm³/mol. The van der Waals surface area contributed by atoms with Gasteiger partial charge in [0.1, 0.15) is 11.6 Å². The Morgan fingerprint density at radius 2 is 1.74 bits per heavy atom. The van der Waals surface area contributed by atoms with Crippen molar-refractivity contribution in [2.45, 2.75) is 51.7 Å². The molecule has 0 atom stereocenters. The highest BCUT2D eigenvalue weighted by molar-refractivity contribution is 6.64. The molecule has 0 saturated carbocycles. The number of benzene rings is 1. The number of hydrogen-bond donors (Lipinski definition) is 0. The van der Waals surface area contributed by atoms with Crippen molar-refractivity contribution in [2.24, 2.45) is 0 Å². The quantitative estimate of drug-likeness (QED) is 0.785. The van der Waals surface area contributed by atoms with Crippen LogP contribution in [0.1, 0.15) is 40.5 Å². The lowest BCUT2D eigenvalue weighted by Gasteiger charge is -2.32. The van der Waals surface area contributed by atoms with Gasteiger partial charge >= 0.3 is 7.12 Å². The number of carbonyl (C=O) groups is 1. The zero-order chi connectivity index (χ0) is 17.0. The van der Waals surface area contributed by atoms with Crippen LogP contribution in [0.15, 0.2) is 12.1 Å². The highest BCUT2D eigenvalue weighted by Crippen LogP contribution is 2.38. The standard InChI is InChI=1S/C16H20BF2NO3/c1-15(2)16(3,4)23-17(22-15)11-8-10(18)9-12(19)14(11)20-7-5-6-13(20)21/h8-9H,5-7H2,1-4H3. The second-order valence-electron chi connectivity index (χ2n) is 7.06. The van der Waals surface area contributed by atoms with Gasteiger partial charge < -0.3 is 14.2 Å². The molecule has 1 aromatic carbocycles. The van der Waals surface area contributed by atoms with Crippen molar-refractivity contribution in [1.82, 2.24) is 0 Å². The second kappa shape index (κ2) is 5.28. The lowest BCUT2D eigenvalue weighted by atomic mass is 9.77. The zero-order valence-corrected chi connectivity index (χ0v) is 13.8. The molecule has 0 N–H and O–H groups in total. The van der Waals surface area contributed by atoms with E-state index in [2.05, 4.69) is 0 Å². The van der Waals surface area contributed by atoms with Crippen LogP contribution in [0.2, 0.25) is 0 Å². The number of rotatable bonds is 2. The fraction of sp³-hybridized carbons (Fsp3) is 0.562. The van der Waals surface area contributed by atoms with E-state index < -0.39 is 30.0 Å². The van der Waals surface area contributed by atoms with E-state index in [1.165, 1.54) is 11.0 Å². The lowest BCUT2D eigenvalue weighted by Crippen LogP contribution is -2.41. The Morgan fingerprint density at radius 1 is 1.13 bits per heavy atom. The van der Waals surface area contributed by atoms with Crippen LogP contribution in [-0.4, -0.2) is 30.8 Å². The SMILES string of the molecule is CC1(C)OB(c2cc(F)cc(F)c2N2CCCC2=O)OC1(C)C. The van der Waals surface area contributed by atoms with Crippen LogP contribution < -0.4 is 10.4 Å². The third kappa shape index (κ3) is 2.66. The molecule has 0 bridgehead atoms. The minimum atomic E-state index is -0.923. The molecule has 2 aliphatic heterocycles. The Balaban J connectivity index is 2.07. The molecule has 1 amide bonds. The molecule has 2 heterocycles. The van der Waals surface area contributed by atoms with Crippen molar-refractivity contribution >= 4 is 24.2 Å². The van der Waals surface area contributed by atoms with Gasteiger partial charge in [-0.15, -0.1) is 0 Å². The van der Waals surface area contributed by atoms with E-state index in [9.17, 15) is 13.6 Å². The zero-order valence-electron chi connectivity index (χ0n) is 13.8. The third-order valence-electron chi connectivity index (χ3n) is 4.91. The first-order valence-corrected chi connectivity index (χ1v) is 7.77. The normalized spacial score (nSPS) is 23.0. The Hall–Kier alpha value is -1.47. The number of halogens is 2. The van der Waals surface area contributed by atoms with Crippen molar-refractivity contribution in [1.29, 1.82) is 0 Å². The summed E-state index contributed by atoms with van der Waals surface area (Å²) in [6.07, 6.45) is 1.01. The fourth-order valence-electron chi connectivity index (χ4n) is 2.90. The van der Waals surface area contributed by atoms with Crippen LogP contribution in [0.25, 0.3) is 0 Å². The molecule has 0 aromatic heterocycles. The molecule has 23 heavy (non-hydrogen) atoms. The highest BCUT2D eigenvalue weighted by Gasteiger charge is 2.53. The molecule has 1 aromatic rings. The molecule has 0 radical (unpaired) electrons. The molecule has 2 saturated heterocycles. The number of anilines is 1. The molecule has 7 heteroatoms. The van der Waals surface area contributed by atoms with Gasteiger partial charge in [-0.25, -0.2) is 8.78 Å². The molecule has 0 spiro atoms. The second-order valence-corrected chi connectivity index (χ2v) is 7.06. The molecule has 0 aliphatic carbocycles. The minimum absolute atomic E-state index is 0.0624. The monoisotopic (exact) mass is 323 g/mol. The van der Waals surface area contributed by atoms with Crippen LogP contribution >= 0.6 is 0 Å². The van der Waals surface area contributed by atoms with Gasteiger partial charge in [0.15, 0.2) is 0 Å². The first-order chi connectivity index (χ1) is 10.6. The summed E-state index contributed by atoms with van der Waals surface area (Å²) >= 11 is 0. The van der Waals surface area contributed by atoms with E-state index in [1.807, 2.05) is 27.7 Å². The van der Waals surface area contributed by atoms with E-state index >= 15 is 0 Å². The van der Waals surface area contributed by atoms with Gasteiger partial charge in [0.2, 0.25) is 5.91 Å². The Bertz CT molecular complexity index is 647. The molecule has 2 aliphatic rings. The van der Waals surface area contributed by atoms with Crippen molar-refractivity contribution in [3.05, 3.63) is 23.8 Å². The summed E-state index contributed by atoms with van der Waals surface area (Å²) in [5.74, 6) is -1.67. The molecule has 0 unspecified atom stereocenters. The number of hydrogen-bond acceptors (Lipinski definition) is 3. The van der Waals surface area contributed by atoms with Gasteiger partial charge in [-0.3, -0.25) is 4.79 Å². The summed E-state index contributed by atoms with van der Waals surface area (Å²) in [4.78, 5) is 13.4. The Kier molecular flexibility index (Phi) is 3.76. The molecular formula is C16H20BF2NO3. The van der Waals surface area contributed by atoms with Gasteiger partial charge in [-0.2, -0.15) is 0 Å². The predicted octanol–water partition coefficient (Wildman–Crippen LogP) is 2.39. The van der Waals surface area contributed by atoms with Gasteiger partial charge in [-0.05, 0) is 40.2 Å². The molecule has 4 nitrogen and oxygen atoms in total. The average molecular weight is 323 g/mol. The summed E-state index contributed by atoms with van der Waals surface area (Å²) in [6, 6.07) is 1.97. The maximum Gasteiger partial charge on any atom is 0.497 e. The Labute approximate surface area is 134 Å². The van der Waals surface area contributed by atoms with Crippen LogP contribution in [0.3, 0.4) is 0 Å². The van der Waals surface area contributed by atoms with E-state index in [4.69, 9.17) is 9.31 Å². The largest absolute Gasteiger partial charge is 0.497 e. The van der Waals surface area contributed by atoms with Crippen LogP contribution in [0.4, 0.5) is 14.5 Å². The summed E-state index contributed by atoms with van der Waals surface area (Å²) in [6.45, 7) is 7.87. The first-order valence-electron chi connectivity index (χ1n) is 7.77. The van der Waals surface area contributed by atoms with Crippen LogP contribution in [0.5, 0.6) is 0 Å².